The van der Waals surface area contributed by atoms with Crippen molar-refractivity contribution in [3.63, 3.8) is 0 Å². The molecule has 2 amide bonds. The summed E-state index contributed by atoms with van der Waals surface area (Å²) >= 11 is 0. The van der Waals surface area contributed by atoms with Gasteiger partial charge in [0.2, 0.25) is 5.91 Å². The van der Waals surface area contributed by atoms with E-state index in [-0.39, 0.29) is 30.4 Å². The number of benzene rings is 3. The van der Waals surface area contributed by atoms with Crippen molar-refractivity contribution in [1.82, 2.24) is 0 Å². The van der Waals surface area contributed by atoms with Crippen LogP contribution in [0.4, 0.5) is 15.8 Å². The third-order valence-corrected chi connectivity index (χ3v) is 5.12. The molecule has 0 radical (unpaired) electrons. The fourth-order valence-corrected chi connectivity index (χ4v) is 3.37. The van der Waals surface area contributed by atoms with Gasteiger partial charge in [0.1, 0.15) is 5.82 Å². The molecule has 0 saturated carbocycles. The maximum atomic E-state index is 14.2. The van der Waals surface area contributed by atoms with E-state index in [1.54, 1.807) is 56.3 Å². The Labute approximate surface area is 196 Å². The van der Waals surface area contributed by atoms with Crippen molar-refractivity contribution in [2.24, 2.45) is 11.7 Å². The topological polar surface area (TPSA) is 122 Å². The number of amides is 2. The Balaban J connectivity index is 2.03. The number of hydrogen-bond acceptors (Lipinski definition) is 4. The number of rotatable bonds is 8. The number of carbonyl (C=O) groups is 3. The number of aliphatic carboxylic acids is 1. The minimum absolute atomic E-state index is 0.141. The Bertz CT molecular complexity index is 1240. The maximum Gasteiger partial charge on any atom is 0.307 e. The first kappa shape index (κ1) is 24.6. The van der Waals surface area contributed by atoms with Crippen molar-refractivity contribution in [1.29, 1.82) is 0 Å². The molecule has 0 spiro atoms. The summed E-state index contributed by atoms with van der Waals surface area (Å²) < 4.78 is 14.2. The molecule has 0 fully saturated rings. The Morgan fingerprint density at radius 1 is 0.971 bits per heavy atom. The molecule has 176 valence electrons. The summed E-state index contributed by atoms with van der Waals surface area (Å²) in [5, 5.41) is 14.7. The van der Waals surface area contributed by atoms with Crippen molar-refractivity contribution in [3.8, 4) is 11.1 Å². The van der Waals surface area contributed by atoms with Gasteiger partial charge in [-0.25, -0.2) is 4.39 Å². The number of carbonyl (C=O) groups excluding carboxylic acids is 2. The van der Waals surface area contributed by atoms with E-state index in [1.807, 2.05) is 0 Å². The summed E-state index contributed by atoms with van der Waals surface area (Å²) in [6.45, 7) is 3.63. The lowest BCUT2D eigenvalue weighted by atomic mass is 9.99. The summed E-state index contributed by atoms with van der Waals surface area (Å²) in [6, 6.07) is 15.7. The molecule has 34 heavy (non-hydrogen) atoms. The van der Waals surface area contributed by atoms with E-state index in [1.165, 1.54) is 18.2 Å². The standard InChI is InChI=1S/C26H26FN3O4/c1-15(2)25(33)29-22-11-19(18-7-16(14-28)8-21(27)10-18)9-20(12-22)26(34)30-23-6-4-3-5-17(23)13-24(31)32/h3-12,15H,13-14,28H2,1-2H3,(H,29,33)(H,30,34)(H,31,32). The normalized spacial score (nSPS) is 10.7. The number of nitrogens with one attached hydrogen (secondary N) is 2. The van der Waals surface area contributed by atoms with Gasteiger partial charge >= 0.3 is 5.97 Å². The lowest BCUT2D eigenvalue weighted by molar-refractivity contribution is -0.136. The van der Waals surface area contributed by atoms with Crippen LogP contribution in [-0.2, 0) is 22.6 Å². The Hall–Kier alpha value is -4.04. The minimum Gasteiger partial charge on any atom is -0.481 e. The van der Waals surface area contributed by atoms with Gasteiger partial charge in [0.15, 0.2) is 0 Å². The average Bonchev–Trinajstić information content (AvgIpc) is 2.79. The number of nitrogens with two attached hydrogens (primary N) is 1. The van der Waals surface area contributed by atoms with E-state index in [9.17, 15) is 18.8 Å². The summed E-state index contributed by atoms with van der Waals surface area (Å²) in [4.78, 5) is 36.6. The molecule has 0 aliphatic heterocycles. The van der Waals surface area contributed by atoms with Crippen LogP contribution in [0.1, 0.15) is 35.3 Å². The van der Waals surface area contributed by atoms with Crippen LogP contribution in [0.2, 0.25) is 0 Å². The van der Waals surface area contributed by atoms with Crippen molar-refractivity contribution in [2.45, 2.75) is 26.8 Å². The van der Waals surface area contributed by atoms with Gasteiger partial charge in [-0.15, -0.1) is 0 Å². The van der Waals surface area contributed by atoms with E-state index in [4.69, 9.17) is 10.8 Å². The van der Waals surface area contributed by atoms with Crippen molar-refractivity contribution in [3.05, 3.63) is 83.2 Å². The second-order valence-corrected chi connectivity index (χ2v) is 8.18. The first-order valence-electron chi connectivity index (χ1n) is 10.7. The van der Waals surface area contributed by atoms with E-state index in [0.29, 0.717) is 33.6 Å². The predicted octanol–water partition coefficient (Wildman–Crippen LogP) is 4.43. The van der Waals surface area contributed by atoms with Gasteiger partial charge in [0.05, 0.1) is 6.42 Å². The highest BCUT2D eigenvalue weighted by atomic mass is 19.1. The van der Waals surface area contributed by atoms with Crippen LogP contribution in [0.25, 0.3) is 11.1 Å². The fraction of sp³-hybridized carbons (Fsp3) is 0.192. The molecule has 0 aliphatic rings. The molecule has 7 nitrogen and oxygen atoms in total. The number of carboxylic acids is 1. The lowest BCUT2D eigenvalue weighted by Crippen LogP contribution is -2.19. The first-order chi connectivity index (χ1) is 16.2. The minimum atomic E-state index is -1.02. The van der Waals surface area contributed by atoms with Gasteiger partial charge in [-0.3, -0.25) is 14.4 Å². The Kier molecular flexibility index (Phi) is 7.75. The highest BCUT2D eigenvalue weighted by molar-refractivity contribution is 6.07. The summed E-state index contributed by atoms with van der Waals surface area (Å²) in [5.41, 5.74) is 8.67. The molecule has 0 unspecified atom stereocenters. The molecule has 3 aromatic rings. The van der Waals surface area contributed by atoms with Gasteiger partial charge in [-0.05, 0) is 64.7 Å². The Morgan fingerprint density at radius 3 is 2.35 bits per heavy atom. The van der Waals surface area contributed by atoms with Crippen LogP contribution in [0, 0.1) is 11.7 Å². The first-order valence-corrected chi connectivity index (χ1v) is 10.7. The predicted molar refractivity (Wildman–Crippen MR) is 129 cm³/mol. The second kappa shape index (κ2) is 10.7. The molecule has 8 heteroatoms. The quantitative estimate of drug-likeness (QED) is 0.394. The van der Waals surface area contributed by atoms with Crippen molar-refractivity contribution < 1.29 is 23.9 Å². The molecule has 0 bridgehead atoms. The monoisotopic (exact) mass is 463 g/mol. The number of anilines is 2. The largest absolute Gasteiger partial charge is 0.481 e. The van der Waals surface area contributed by atoms with Crippen LogP contribution in [0.3, 0.4) is 0 Å². The molecule has 0 atom stereocenters. The molecule has 0 saturated heterocycles. The van der Waals surface area contributed by atoms with Crippen molar-refractivity contribution >= 4 is 29.2 Å². The summed E-state index contributed by atoms with van der Waals surface area (Å²) in [5.74, 6) is -2.53. The molecule has 0 heterocycles. The smallest absolute Gasteiger partial charge is 0.307 e. The van der Waals surface area contributed by atoms with Gasteiger partial charge in [-0.2, -0.15) is 0 Å². The fourth-order valence-electron chi connectivity index (χ4n) is 3.37. The van der Waals surface area contributed by atoms with E-state index in [0.717, 1.165) is 0 Å². The van der Waals surface area contributed by atoms with E-state index >= 15 is 0 Å². The molecule has 0 aliphatic carbocycles. The number of carboxylic acid groups (broad SMARTS) is 1. The van der Waals surface area contributed by atoms with Gasteiger partial charge in [0.25, 0.3) is 5.91 Å². The van der Waals surface area contributed by atoms with Crippen LogP contribution in [0.15, 0.2) is 60.7 Å². The van der Waals surface area contributed by atoms with Crippen molar-refractivity contribution in [2.75, 3.05) is 10.6 Å². The molecule has 5 N–H and O–H groups in total. The Morgan fingerprint density at radius 2 is 1.68 bits per heavy atom. The number of hydrogen-bond donors (Lipinski definition) is 4. The summed E-state index contributed by atoms with van der Waals surface area (Å²) in [6.07, 6.45) is -0.253. The highest BCUT2D eigenvalue weighted by Gasteiger charge is 2.16. The number of halogens is 1. The SMILES string of the molecule is CC(C)C(=O)Nc1cc(C(=O)Nc2ccccc2CC(=O)O)cc(-c2cc(F)cc(CN)c2)c1. The zero-order chi connectivity index (χ0) is 24.8. The van der Waals surface area contributed by atoms with Crippen LogP contribution >= 0.6 is 0 Å². The van der Waals surface area contributed by atoms with Crippen LogP contribution < -0.4 is 16.4 Å². The maximum absolute atomic E-state index is 14.2. The second-order valence-electron chi connectivity index (χ2n) is 8.18. The highest BCUT2D eigenvalue weighted by Crippen LogP contribution is 2.28. The van der Waals surface area contributed by atoms with Gasteiger partial charge in [0, 0.05) is 29.4 Å². The third-order valence-electron chi connectivity index (χ3n) is 5.12. The zero-order valence-corrected chi connectivity index (χ0v) is 18.9. The molecule has 3 aromatic carbocycles. The average molecular weight is 464 g/mol. The van der Waals surface area contributed by atoms with Gasteiger partial charge in [-0.1, -0.05) is 32.0 Å². The van der Waals surface area contributed by atoms with Crippen LogP contribution in [-0.4, -0.2) is 22.9 Å². The molecule has 0 aromatic heterocycles. The number of para-hydroxylation sites is 1. The third kappa shape index (κ3) is 6.26. The lowest BCUT2D eigenvalue weighted by Gasteiger charge is -2.14. The molecular weight excluding hydrogens is 437 g/mol. The van der Waals surface area contributed by atoms with Gasteiger partial charge < -0.3 is 21.5 Å². The van der Waals surface area contributed by atoms with E-state index < -0.39 is 17.7 Å². The van der Waals surface area contributed by atoms with Crippen LogP contribution in [0.5, 0.6) is 0 Å². The zero-order valence-electron chi connectivity index (χ0n) is 18.9. The molecule has 3 rings (SSSR count). The summed E-state index contributed by atoms with van der Waals surface area (Å²) in [7, 11) is 0. The van der Waals surface area contributed by atoms with E-state index in [2.05, 4.69) is 10.6 Å². The molecular formula is C26H26FN3O4.